The summed E-state index contributed by atoms with van der Waals surface area (Å²) in [5.74, 6) is -0.250. The number of nitrogens with zero attached hydrogens (tertiary/aromatic N) is 1. The Morgan fingerprint density at radius 1 is 1.23 bits per heavy atom. The van der Waals surface area contributed by atoms with Crippen LogP contribution in [0.1, 0.15) is 11.1 Å². The number of halogens is 4. The molecule has 0 saturated heterocycles. The first-order chi connectivity index (χ1) is 10.3. The number of ether oxygens (including phenoxy) is 1. The van der Waals surface area contributed by atoms with Crippen LogP contribution >= 0.6 is 15.9 Å². The van der Waals surface area contributed by atoms with Crippen LogP contribution in [0.4, 0.5) is 23.8 Å². The first kappa shape index (κ1) is 16.3. The Hall–Kier alpha value is -2.09. The lowest BCUT2D eigenvalue weighted by Crippen LogP contribution is -2.15. The molecule has 1 heterocycles. The van der Waals surface area contributed by atoms with Crippen LogP contribution in [0.3, 0.4) is 0 Å². The topological polar surface area (TPSA) is 51.2 Å². The zero-order valence-electron chi connectivity index (χ0n) is 11.0. The summed E-state index contributed by atoms with van der Waals surface area (Å²) in [6.07, 6.45) is -5.42. The molecule has 0 aliphatic heterocycles. The average molecular weight is 375 g/mol. The summed E-state index contributed by atoms with van der Waals surface area (Å²) in [6.45, 7) is 0.00675. The van der Waals surface area contributed by atoms with Crippen LogP contribution in [0.15, 0.2) is 47.1 Å². The minimum Gasteiger partial charge on any atom is -0.444 e. The van der Waals surface area contributed by atoms with E-state index in [0.717, 1.165) is 17.7 Å². The number of alkyl halides is 3. The Kier molecular flexibility index (Phi) is 5.02. The summed E-state index contributed by atoms with van der Waals surface area (Å²) in [5.41, 5.74) is -0.163. The predicted molar refractivity (Wildman–Crippen MR) is 77.2 cm³/mol. The van der Waals surface area contributed by atoms with Crippen LogP contribution in [-0.4, -0.2) is 11.1 Å². The third-order valence-electron chi connectivity index (χ3n) is 2.56. The maximum absolute atomic E-state index is 12.7. The Bertz CT molecular complexity index is 663. The van der Waals surface area contributed by atoms with Gasteiger partial charge in [-0.25, -0.2) is 9.78 Å². The molecule has 4 nitrogen and oxygen atoms in total. The molecule has 0 aliphatic rings. The van der Waals surface area contributed by atoms with Gasteiger partial charge in [0.1, 0.15) is 17.0 Å². The molecule has 0 aliphatic carbocycles. The molecular weight excluding hydrogens is 365 g/mol. The van der Waals surface area contributed by atoms with Crippen molar-refractivity contribution in [3.8, 4) is 0 Å². The van der Waals surface area contributed by atoms with Gasteiger partial charge in [0, 0.05) is 0 Å². The number of carbonyl (C=O) groups is 1. The van der Waals surface area contributed by atoms with Gasteiger partial charge in [0.05, 0.1) is 5.56 Å². The van der Waals surface area contributed by atoms with E-state index in [1.165, 1.54) is 0 Å². The number of pyridine rings is 1. The van der Waals surface area contributed by atoms with Gasteiger partial charge < -0.3 is 4.74 Å². The molecular formula is C14H10BrF3N2O2. The molecule has 1 aromatic heterocycles. The number of aromatic nitrogens is 1. The molecule has 0 fully saturated rings. The van der Waals surface area contributed by atoms with Crippen molar-refractivity contribution < 1.29 is 22.7 Å². The fraction of sp³-hybridized carbons (Fsp3) is 0.143. The highest BCUT2D eigenvalue weighted by Crippen LogP contribution is 2.32. The summed E-state index contributed by atoms with van der Waals surface area (Å²) in [4.78, 5) is 15.3. The average Bonchev–Trinajstić information content (AvgIpc) is 2.45. The number of hydrogen-bond donors (Lipinski definition) is 1. The summed E-state index contributed by atoms with van der Waals surface area (Å²) < 4.78 is 42.9. The van der Waals surface area contributed by atoms with Crippen LogP contribution in [0.5, 0.6) is 0 Å². The molecule has 22 heavy (non-hydrogen) atoms. The van der Waals surface area contributed by atoms with E-state index < -0.39 is 17.8 Å². The van der Waals surface area contributed by atoms with Gasteiger partial charge in [0.2, 0.25) is 0 Å². The van der Waals surface area contributed by atoms with Gasteiger partial charge in [-0.15, -0.1) is 0 Å². The highest BCUT2D eigenvalue weighted by molar-refractivity contribution is 9.10. The fourth-order valence-electron chi connectivity index (χ4n) is 1.59. The third-order valence-corrected chi connectivity index (χ3v) is 2.97. The van der Waals surface area contributed by atoms with Crippen molar-refractivity contribution in [2.24, 2.45) is 0 Å². The van der Waals surface area contributed by atoms with Crippen molar-refractivity contribution in [1.82, 2.24) is 4.98 Å². The monoisotopic (exact) mass is 374 g/mol. The lowest BCUT2D eigenvalue weighted by molar-refractivity contribution is -0.137. The lowest BCUT2D eigenvalue weighted by Gasteiger charge is -2.10. The number of rotatable bonds is 3. The number of carbonyl (C=O) groups excluding carboxylic acids is 1. The normalized spacial score (nSPS) is 11.1. The first-order valence-electron chi connectivity index (χ1n) is 6.07. The number of nitrogens with one attached hydrogen (secondary N) is 1. The second-order valence-electron chi connectivity index (χ2n) is 4.25. The molecule has 2 aromatic rings. The van der Waals surface area contributed by atoms with E-state index in [9.17, 15) is 18.0 Å². The Balaban J connectivity index is 2.01. The predicted octanol–water partition coefficient (Wildman–Crippen LogP) is 4.61. The standard InChI is InChI=1S/C14H10BrF3N2O2/c15-11-6-10(14(16,17)18)7-12(19-11)20-13(21)22-8-9-4-2-1-3-5-9/h1-7H,8H2,(H,19,20,21). The van der Waals surface area contributed by atoms with Crippen LogP contribution in [0.2, 0.25) is 0 Å². The van der Waals surface area contributed by atoms with Crippen LogP contribution < -0.4 is 5.32 Å². The van der Waals surface area contributed by atoms with Crippen molar-refractivity contribution in [1.29, 1.82) is 0 Å². The summed E-state index contributed by atoms with van der Waals surface area (Å²) >= 11 is 2.87. The minimum atomic E-state index is -4.53. The van der Waals surface area contributed by atoms with Crippen molar-refractivity contribution >= 4 is 27.8 Å². The van der Waals surface area contributed by atoms with Crippen molar-refractivity contribution in [2.75, 3.05) is 5.32 Å². The van der Waals surface area contributed by atoms with E-state index in [1.807, 2.05) is 6.07 Å². The summed E-state index contributed by atoms with van der Waals surface area (Å²) in [5, 5.41) is 2.16. The zero-order valence-corrected chi connectivity index (χ0v) is 12.6. The van der Waals surface area contributed by atoms with Gasteiger partial charge in [-0.3, -0.25) is 5.32 Å². The van der Waals surface area contributed by atoms with Crippen LogP contribution in [0.25, 0.3) is 0 Å². The molecule has 0 bridgehead atoms. The molecule has 2 rings (SSSR count). The van der Waals surface area contributed by atoms with Crippen molar-refractivity contribution in [3.63, 3.8) is 0 Å². The van der Waals surface area contributed by atoms with E-state index in [1.54, 1.807) is 24.3 Å². The highest BCUT2D eigenvalue weighted by Gasteiger charge is 2.31. The van der Waals surface area contributed by atoms with Crippen molar-refractivity contribution in [2.45, 2.75) is 12.8 Å². The lowest BCUT2D eigenvalue weighted by atomic mass is 10.2. The summed E-state index contributed by atoms with van der Waals surface area (Å²) in [7, 11) is 0. The molecule has 8 heteroatoms. The Labute approximate surface area is 132 Å². The summed E-state index contributed by atoms with van der Waals surface area (Å²) in [6, 6.07) is 10.4. The number of amides is 1. The Morgan fingerprint density at radius 3 is 2.55 bits per heavy atom. The zero-order chi connectivity index (χ0) is 16.2. The number of benzene rings is 1. The second kappa shape index (κ2) is 6.78. The molecule has 0 radical (unpaired) electrons. The van der Waals surface area contributed by atoms with Gasteiger partial charge >= 0.3 is 12.3 Å². The molecule has 1 N–H and O–H groups in total. The molecule has 116 valence electrons. The molecule has 0 atom stereocenters. The molecule has 0 saturated carbocycles. The number of anilines is 1. The maximum Gasteiger partial charge on any atom is 0.416 e. The van der Waals surface area contributed by atoms with Gasteiger partial charge in [-0.2, -0.15) is 13.2 Å². The highest BCUT2D eigenvalue weighted by atomic mass is 79.9. The van der Waals surface area contributed by atoms with Gasteiger partial charge in [0.15, 0.2) is 0 Å². The largest absolute Gasteiger partial charge is 0.444 e. The molecule has 0 unspecified atom stereocenters. The van der Waals surface area contributed by atoms with Gasteiger partial charge in [0.25, 0.3) is 0 Å². The van der Waals surface area contributed by atoms with E-state index >= 15 is 0 Å². The molecule has 1 aromatic carbocycles. The smallest absolute Gasteiger partial charge is 0.416 e. The van der Waals surface area contributed by atoms with E-state index in [0.29, 0.717) is 0 Å². The van der Waals surface area contributed by atoms with Gasteiger partial charge in [-0.1, -0.05) is 30.3 Å². The quantitative estimate of drug-likeness (QED) is 0.798. The van der Waals surface area contributed by atoms with E-state index in [4.69, 9.17) is 4.74 Å². The minimum absolute atomic E-state index is 0.00675. The van der Waals surface area contributed by atoms with Crippen LogP contribution in [0, 0.1) is 0 Å². The number of hydrogen-bond acceptors (Lipinski definition) is 3. The molecule has 0 spiro atoms. The second-order valence-corrected chi connectivity index (χ2v) is 5.06. The maximum atomic E-state index is 12.7. The SMILES string of the molecule is O=C(Nc1cc(C(F)(F)F)cc(Br)n1)OCc1ccccc1. The third kappa shape index (κ3) is 4.73. The Morgan fingerprint density at radius 2 is 1.91 bits per heavy atom. The van der Waals surface area contributed by atoms with E-state index in [-0.39, 0.29) is 17.0 Å². The van der Waals surface area contributed by atoms with E-state index in [2.05, 4.69) is 26.2 Å². The van der Waals surface area contributed by atoms with Crippen molar-refractivity contribution in [3.05, 3.63) is 58.2 Å². The molecule has 1 amide bonds. The van der Waals surface area contributed by atoms with Crippen LogP contribution in [-0.2, 0) is 17.5 Å². The van der Waals surface area contributed by atoms with Gasteiger partial charge in [-0.05, 0) is 33.6 Å². The fourth-order valence-corrected chi connectivity index (χ4v) is 2.03. The first-order valence-corrected chi connectivity index (χ1v) is 6.86.